The molecule has 1 N–H and O–H groups in total. The van der Waals surface area contributed by atoms with E-state index in [0.29, 0.717) is 19.7 Å². The third-order valence-corrected chi connectivity index (χ3v) is 3.28. The van der Waals surface area contributed by atoms with Crippen LogP contribution < -0.4 is 0 Å². The molecule has 0 amide bonds. The van der Waals surface area contributed by atoms with Crippen LogP contribution in [0.4, 0.5) is 4.39 Å². The highest BCUT2D eigenvalue weighted by Gasteiger charge is 2.20. The molecule has 2 rings (SSSR count). The number of morpholine rings is 1. The summed E-state index contributed by atoms with van der Waals surface area (Å²) < 4.78 is 18.6. The summed E-state index contributed by atoms with van der Waals surface area (Å²) in [4.78, 5) is 2.10. The second-order valence-corrected chi connectivity index (χ2v) is 4.50. The molecule has 1 saturated heterocycles. The summed E-state index contributed by atoms with van der Waals surface area (Å²) >= 11 is 5.90. The lowest BCUT2D eigenvalue weighted by Gasteiger charge is -2.32. The zero-order valence-electron chi connectivity index (χ0n) is 9.40. The van der Waals surface area contributed by atoms with Crippen LogP contribution >= 0.6 is 11.6 Å². The molecule has 17 heavy (non-hydrogen) atoms. The molecule has 0 radical (unpaired) electrons. The molecule has 1 aromatic rings. The Morgan fingerprint density at radius 2 is 2.35 bits per heavy atom. The normalized spacial score (nSPS) is 21.7. The molecule has 5 heteroatoms. The molecule has 1 aliphatic rings. The number of halogens is 2. The standard InChI is InChI=1S/C12H15ClFNO2/c13-12-9(2-1-3-11(12)14)6-15-4-5-17-10(7-15)8-16/h1-3,10,16H,4-8H2. The number of nitrogens with zero attached hydrogens (tertiary/aromatic N) is 1. The molecule has 0 saturated carbocycles. The highest BCUT2D eigenvalue weighted by atomic mass is 35.5. The minimum Gasteiger partial charge on any atom is -0.394 e. The molecule has 94 valence electrons. The number of aliphatic hydroxyl groups is 1. The molecule has 1 unspecified atom stereocenters. The van der Waals surface area contributed by atoms with Crippen LogP contribution in [0, 0.1) is 5.82 Å². The van der Waals surface area contributed by atoms with E-state index in [0.717, 1.165) is 12.1 Å². The summed E-state index contributed by atoms with van der Waals surface area (Å²) in [5.74, 6) is -0.392. The van der Waals surface area contributed by atoms with E-state index in [2.05, 4.69) is 4.90 Å². The summed E-state index contributed by atoms with van der Waals surface area (Å²) in [7, 11) is 0. The molecule has 1 aliphatic heterocycles. The van der Waals surface area contributed by atoms with Gasteiger partial charge in [-0.15, -0.1) is 0 Å². The number of benzene rings is 1. The van der Waals surface area contributed by atoms with Crippen LogP contribution in [0.15, 0.2) is 18.2 Å². The summed E-state index contributed by atoms with van der Waals surface area (Å²) in [5, 5.41) is 9.22. The molecule has 0 aromatic heterocycles. The minimum absolute atomic E-state index is 0.00732. The van der Waals surface area contributed by atoms with E-state index in [1.807, 2.05) is 6.07 Å². The van der Waals surface area contributed by atoms with E-state index in [-0.39, 0.29) is 17.7 Å². The molecular formula is C12H15ClFNO2. The van der Waals surface area contributed by atoms with Crippen molar-refractivity contribution < 1.29 is 14.2 Å². The number of aliphatic hydroxyl groups excluding tert-OH is 1. The molecule has 1 heterocycles. The van der Waals surface area contributed by atoms with Crippen molar-refractivity contribution >= 4 is 11.6 Å². The van der Waals surface area contributed by atoms with Crippen molar-refractivity contribution in [2.75, 3.05) is 26.3 Å². The Balaban J connectivity index is 2.02. The van der Waals surface area contributed by atoms with Gasteiger partial charge in [-0.2, -0.15) is 0 Å². The Hall–Kier alpha value is -0.680. The molecule has 0 aliphatic carbocycles. The number of hydrogen-bond acceptors (Lipinski definition) is 3. The van der Waals surface area contributed by atoms with E-state index in [1.165, 1.54) is 6.07 Å². The van der Waals surface area contributed by atoms with Crippen molar-refractivity contribution in [1.29, 1.82) is 0 Å². The van der Waals surface area contributed by atoms with Crippen molar-refractivity contribution in [1.82, 2.24) is 4.90 Å². The third-order valence-electron chi connectivity index (χ3n) is 2.85. The first-order valence-corrected chi connectivity index (χ1v) is 5.96. The monoisotopic (exact) mass is 259 g/mol. The van der Waals surface area contributed by atoms with Crippen molar-refractivity contribution in [3.8, 4) is 0 Å². The highest BCUT2D eigenvalue weighted by molar-refractivity contribution is 6.31. The van der Waals surface area contributed by atoms with Gasteiger partial charge in [0.2, 0.25) is 0 Å². The first-order valence-electron chi connectivity index (χ1n) is 5.58. The topological polar surface area (TPSA) is 32.7 Å². The first-order chi connectivity index (χ1) is 8.20. The molecular weight excluding hydrogens is 245 g/mol. The number of hydrogen-bond donors (Lipinski definition) is 1. The van der Waals surface area contributed by atoms with E-state index in [1.54, 1.807) is 6.07 Å². The fourth-order valence-electron chi connectivity index (χ4n) is 1.95. The molecule has 1 aromatic carbocycles. The van der Waals surface area contributed by atoms with Crippen molar-refractivity contribution in [3.05, 3.63) is 34.6 Å². The van der Waals surface area contributed by atoms with Gasteiger partial charge in [0.15, 0.2) is 0 Å². The van der Waals surface area contributed by atoms with Crippen LogP contribution in [0.2, 0.25) is 5.02 Å². The van der Waals surface area contributed by atoms with Gasteiger partial charge >= 0.3 is 0 Å². The summed E-state index contributed by atoms with van der Waals surface area (Å²) in [6.07, 6.45) is -0.156. The van der Waals surface area contributed by atoms with Gasteiger partial charge in [-0.1, -0.05) is 23.7 Å². The molecule has 1 atom stereocenters. The van der Waals surface area contributed by atoms with Gasteiger partial charge in [-0.05, 0) is 11.6 Å². The average Bonchev–Trinajstić information content (AvgIpc) is 2.35. The van der Waals surface area contributed by atoms with Gasteiger partial charge in [-0.25, -0.2) is 4.39 Å². The Kier molecular flexibility index (Phi) is 4.34. The van der Waals surface area contributed by atoms with Crippen LogP contribution in [0.1, 0.15) is 5.56 Å². The Morgan fingerprint density at radius 3 is 3.12 bits per heavy atom. The van der Waals surface area contributed by atoms with Crippen LogP contribution in [-0.2, 0) is 11.3 Å². The van der Waals surface area contributed by atoms with E-state index in [4.69, 9.17) is 21.4 Å². The van der Waals surface area contributed by atoms with Crippen molar-refractivity contribution in [3.63, 3.8) is 0 Å². The predicted molar refractivity (Wildman–Crippen MR) is 63.5 cm³/mol. The summed E-state index contributed by atoms with van der Waals surface area (Å²) in [6, 6.07) is 4.82. The van der Waals surface area contributed by atoms with Crippen LogP contribution in [0.25, 0.3) is 0 Å². The van der Waals surface area contributed by atoms with Crippen LogP contribution in [-0.4, -0.2) is 42.4 Å². The first kappa shape index (κ1) is 12.8. The van der Waals surface area contributed by atoms with Gasteiger partial charge in [-0.3, -0.25) is 4.90 Å². The third kappa shape index (κ3) is 3.16. The van der Waals surface area contributed by atoms with Gasteiger partial charge in [0.05, 0.1) is 24.3 Å². The molecule has 3 nitrogen and oxygen atoms in total. The van der Waals surface area contributed by atoms with Gasteiger partial charge in [0, 0.05) is 19.6 Å². The molecule has 1 fully saturated rings. The summed E-state index contributed by atoms with van der Waals surface area (Å²) in [5.41, 5.74) is 0.769. The van der Waals surface area contributed by atoms with E-state index in [9.17, 15) is 4.39 Å². The zero-order chi connectivity index (χ0) is 12.3. The smallest absolute Gasteiger partial charge is 0.142 e. The maximum Gasteiger partial charge on any atom is 0.142 e. The predicted octanol–water partition coefficient (Wildman–Crippen LogP) is 1.67. The fourth-order valence-corrected chi connectivity index (χ4v) is 2.13. The zero-order valence-corrected chi connectivity index (χ0v) is 10.2. The van der Waals surface area contributed by atoms with E-state index >= 15 is 0 Å². The van der Waals surface area contributed by atoms with Crippen LogP contribution in [0.5, 0.6) is 0 Å². The minimum atomic E-state index is -0.392. The SMILES string of the molecule is OCC1CN(Cc2cccc(F)c2Cl)CCO1. The highest BCUT2D eigenvalue weighted by Crippen LogP contribution is 2.21. The van der Waals surface area contributed by atoms with Gasteiger partial charge < -0.3 is 9.84 Å². The van der Waals surface area contributed by atoms with Crippen molar-refractivity contribution in [2.24, 2.45) is 0 Å². The quantitative estimate of drug-likeness (QED) is 0.896. The lowest BCUT2D eigenvalue weighted by molar-refractivity contribution is -0.0551. The largest absolute Gasteiger partial charge is 0.394 e. The van der Waals surface area contributed by atoms with Gasteiger partial charge in [0.1, 0.15) is 5.82 Å². The van der Waals surface area contributed by atoms with Crippen LogP contribution in [0.3, 0.4) is 0 Å². The van der Waals surface area contributed by atoms with Crippen molar-refractivity contribution in [2.45, 2.75) is 12.6 Å². The Morgan fingerprint density at radius 1 is 1.53 bits per heavy atom. The van der Waals surface area contributed by atoms with Gasteiger partial charge in [0.25, 0.3) is 0 Å². The maximum absolute atomic E-state index is 13.3. The maximum atomic E-state index is 13.3. The summed E-state index contributed by atoms with van der Waals surface area (Å²) in [6.45, 7) is 2.58. The lowest BCUT2D eigenvalue weighted by atomic mass is 10.2. The molecule has 0 bridgehead atoms. The Labute approximate surface area is 105 Å². The number of rotatable bonds is 3. The average molecular weight is 260 g/mol. The lowest BCUT2D eigenvalue weighted by Crippen LogP contribution is -2.43. The fraction of sp³-hybridized carbons (Fsp3) is 0.500. The number of ether oxygens (including phenoxy) is 1. The second-order valence-electron chi connectivity index (χ2n) is 4.12. The van der Waals surface area contributed by atoms with E-state index < -0.39 is 5.82 Å². The Bertz CT molecular complexity index is 389. The second kappa shape index (κ2) is 5.78. The molecule has 0 spiro atoms.